The number of piperidine rings is 2. The molecule has 0 aliphatic carbocycles. The van der Waals surface area contributed by atoms with E-state index in [1.165, 1.54) is 32.2 Å². The Balaban J connectivity index is 0.000000141. The zero-order chi connectivity index (χ0) is 16.9. The molecule has 0 amide bonds. The second-order valence-corrected chi connectivity index (χ2v) is 8.10. The van der Waals surface area contributed by atoms with E-state index in [0.29, 0.717) is 0 Å². The number of likely N-dealkylation sites (tertiary alicyclic amines) is 1. The van der Waals surface area contributed by atoms with E-state index >= 15 is 0 Å². The molecule has 2 N–H and O–H groups in total. The van der Waals surface area contributed by atoms with Gasteiger partial charge < -0.3 is 29.9 Å². The topological polar surface area (TPSA) is 49.0 Å². The van der Waals surface area contributed by atoms with Gasteiger partial charge in [-0.1, -0.05) is 0 Å². The van der Waals surface area contributed by atoms with Gasteiger partial charge in [-0.15, -0.1) is 0 Å². The van der Waals surface area contributed by atoms with Crippen LogP contribution in [0.1, 0.15) is 25.7 Å². The predicted octanol–water partition coefficient (Wildman–Crippen LogP) is 0.141. The Labute approximate surface area is 147 Å². The second-order valence-electron chi connectivity index (χ2n) is 8.10. The first-order chi connectivity index (χ1) is 11.6. The number of hydrogen-bond acceptors (Lipinski definition) is 6. The van der Waals surface area contributed by atoms with E-state index in [1.807, 2.05) is 0 Å². The van der Waals surface area contributed by atoms with Gasteiger partial charge in [-0.2, -0.15) is 0 Å². The Morgan fingerprint density at radius 2 is 1.38 bits per heavy atom. The highest BCUT2D eigenvalue weighted by Crippen LogP contribution is 2.25. The van der Waals surface area contributed by atoms with Crippen LogP contribution < -0.4 is 10.6 Å². The van der Waals surface area contributed by atoms with Crippen LogP contribution in [0.2, 0.25) is 0 Å². The predicted molar refractivity (Wildman–Crippen MR) is 96.6 cm³/mol. The fourth-order valence-electron chi connectivity index (χ4n) is 4.52. The molecule has 0 aromatic heterocycles. The average Bonchev–Trinajstić information content (AvgIpc) is 2.56. The summed E-state index contributed by atoms with van der Waals surface area (Å²) in [5, 5.41) is 6.83. The largest absolute Gasteiger partial charge is 0.371 e. The molecule has 0 radical (unpaired) electrons. The normalized spacial score (nSPS) is 38.8. The molecule has 24 heavy (non-hydrogen) atoms. The van der Waals surface area contributed by atoms with Gasteiger partial charge in [0.1, 0.15) is 0 Å². The van der Waals surface area contributed by atoms with Crippen LogP contribution in [0, 0.1) is 0 Å². The monoisotopic (exact) mass is 340 g/mol. The molecule has 2 unspecified atom stereocenters. The Bertz CT molecular complexity index is 334. The maximum atomic E-state index is 5.87. The van der Waals surface area contributed by atoms with Crippen molar-refractivity contribution in [3.05, 3.63) is 0 Å². The van der Waals surface area contributed by atoms with Crippen LogP contribution in [0.4, 0.5) is 0 Å². The van der Waals surface area contributed by atoms with Gasteiger partial charge in [-0.05, 0) is 52.9 Å². The molecule has 6 heteroatoms. The summed E-state index contributed by atoms with van der Waals surface area (Å²) in [5.74, 6) is 0. The zero-order valence-corrected chi connectivity index (χ0v) is 15.6. The molecule has 2 atom stereocenters. The number of nitrogens with zero attached hydrogens (tertiary/aromatic N) is 2. The van der Waals surface area contributed by atoms with Crippen LogP contribution in [0.3, 0.4) is 0 Å². The molecule has 140 valence electrons. The molecule has 6 nitrogen and oxygen atoms in total. The molecular formula is C18H36N4O2. The first-order valence-corrected chi connectivity index (χ1v) is 9.68. The van der Waals surface area contributed by atoms with Crippen molar-refractivity contribution in [1.82, 2.24) is 20.4 Å². The molecule has 0 aromatic rings. The van der Waals surface area contributed by atoms with Crippen molar-refractivity contribution < 1.29 is 9.47 Å². The summed E-state index contributed by atoms with van der Waals surface area (Å²) in [7, 11) is 4.36. The van der Waals surface area contributed by atoms with Gasteiger partial charge in [0.25, 0.3) is 0 Å². The molecule has 0 bridgehead atoms. The summed E-state index contributed by atoms with van der Waals surface area (Å²) >= 11 is 0. The molecule has 4 aliphatic rings. The van der Waals surface area contributed by atoms with Crippen molar-refractivity contribution in [1.29, 1.82) is 0 Å². The van der Waals surface area contributed by atoms with Crippen molar-refractivity contribution in [2.24, 2.45) is 0 Å². The lowest BCUT2D eigenvalue weighted by molar-refractivity contribution is -0.113. The summed E-state index contributed by atoms with van der Waals surface area (Å²) < 4.78 is 11.7. The second kappa shape index (κ2) is 8.43. The Morgan fingerprint density at radius 1 is 0.750 bits per heavy atom. The van der Waals surface area contributed by atoms with E-state index in [4.69, 9.17) is 9.47 Å². The van der Waals surface area contributed by atoms with Gasteiger partial charge in [-0.25, -0.2) is 0 Å². The SMILES string of the molecule is CN1CCCC2(CNCCO2)C1.CN1CCOC2(CCCNC2)C1. The summed E-state index contributed by atoms with van der Waals surface area (Å²) in [6.07, 6.45) is 4.99. The summed E-state index contributed by atoms with van der Waals surface area (Å²) in [6.45, 7) is 10.5. The molecule has 4 heterocycles. The Kier molecular flexibility index (Phi) is 6.51. The number of ether oxygens (including phenoxy) is 2. The fourth-order valence-corrected chi connectivity index (χ4v) is 4.52. The van der Waals surface area contributed by atoms with Crippen LogP contribution in [-0.4, -0.2) is 101 Å². The van der Waals surface area contributed by atoms with Crippen molar-refractivity contribution in [3.63, 3.8) is 0 Å². The van der Waals surface area contributed by atoms with Gasteiger partial charge >= 0.3 is 0 Å². The highest BCUT2D eigenvalue weighted by atomic mass is 16.5. The van der Waals surface area contributed by atoms with Crippen LogP contribution in [0.15, 0.2) is 0 Å². The first-order valence-electron chi connectivity index (χ1n) is 9.68. The van der Waals surface area contributed by atoms with Gasteiger partial charge in [0.2, 0.25) is 0 Å². The molecule has 4 fully saturated rings. The lowest BCUT2D eigenvalue weighted by Crippen LogP contribution is -2.57. The van der Waals surface area contributed by atoms with Crippen molar-refractivity contribution in [2.75, 3.05) is 79.7 Å². The molecule has 4 aliphatic heterocycles. The number of hydrogen-bond donors (Lipinski definition) is 2. The Morgan fingerprint density at radius 3 is 1.96 bits per heavy atom. The Hall–Kier alpha value is -0.240. The summed E-state index contributed by atoms with van der Waals surface area (Å²) in [4.78, 5) is 4.74. The van der Waals surface area contributed by atoms with Crippen LogP contribution in [0.25, 0.3) is 0 Å². The zero-order valence-electron chi connectivity index (χ0n) is 15.6. The van der Waals surface area contributed by atoms with E-state index in [9.17, 15) is 0 Å². The van der Waals surface area contributed by atoms with Gasteiger partial charge in [-0.3, -0.25) is 0 Å². The number of morpholine rings is 2. The number of likely N-dealkylation sites (N-methyl/N-ethyl adjacent to an activating group) is 2. The van der Waals surface area contributed by atoms with Crippen LogP contribution in [-0.2, 0) is 9.47 Å². The molecule has 4 saturated heterocycles. The summed E-state index contributed by atoms with van der Waals surface area (Å²) in [6, 6.07) is 0. The minimum atomic E-state index is 0.144. The van der Waals surface area contributed by atoms with Crippen molar-refractivity contribution in [3.8, 4) is 0 Å². The number of rotatable bonds is 0. The van der Waals surface area contributed by atoms with E-state index in [2.05, 4.69) is 34.5 Å². The van der Waals surface area contributed by atoms with Crippen molar-refractivity contribution in [2.45, 2.75) is 36.9 Å². The molecular weight excluding hydrogens is 304 g/mol. The lowest BCUT2D eigenvalue weighted by atomic mass is 9.92. The summed E-state index contributed by atoms with van der Waals surface area (Å²) in [5.41, 5.74) is 0.288. The van der Waals surface area contributed by atoms with E-state index < -0.39 is 0 Å². The minimum absolute atomic E-state index is 0.144. The van der Waals surface area contributed by atoms with E-state index in [1.54, 1.807) is 0 Å². The molecule has 2 spiro atoms. The molecule has 0 saturated carbocycles. The first kappa shape index (κ1) is 18.5. The lowest BCUT2D eigenvalue weighted by Gasteiger charge is -2.44. The smallest absolute Gasteiger partial charge is 0.0933 e. The third-order valence-electron chi connectivity index (χ3n) is 5.74. The third kappa shape index (κ3) is 4.90. The van der Waals surface area contributed by atoms with Crippen LogP contribution >= 0.6 is 0 Å². The average molecular weight is 341 g/mol. The van der Waals surface area contributed by atoms with Gasteiger partial charge in [0, 0.05) is 39.3 Å². The third-order valence-corrected chi connectivity index (χ3v) is 5.74. The fraction of sp³-hybridized carbons (Fsp3) is 1.00. The molecule has 0 aromatic carbocycles. The van der Waals surface area contributed by atoms with E-state index in [-0.39, 0.29) is 11.2 Å². The number of nitrogens with one attached hydrogen (secondary N) is 2. The maximum Gasteiger partial charge on any atom is 0.0933 e. The van der Waals surface area contributed by atoms with E-state index in [0.717, 1.165) is 59.0 Å². The van der Waals surface area contributed by atoms with Crippen LogP contribution in [0.5, 0.6) is 0 Å². The molecule has 4 rings (SSSR count). The highest BCUT2D eigenvalue weighted by Gasteiger charge is 2.37. The minimum Gasteiger partial charge on any atom is -0.371 e. The highest BCUT2D eigenvalue weighted by molar-refractivity contribution is 4.92. The maximum absolute atomic E-state index is 5.87. The quantitative estimate of drug-likeness (QED) is 0.654. The van der Waals surface area contributed by atoms with Gasteiger partial charge in [0.05, 0.1) is 24.4 Å². The van der Waals surface area contributed by atoms with Gasteiger partial charge in [0.15, 0.2) is 0 Å². The van der Waals surface area contributed by atoms with Crippen molar-refractivity contribution >= 4 is 0 Å². The standard InChI is InChI=1S/2C9H18N2O/c1-11-5-2-3-9(8-11)7-10-4-6-12-9;1-11-5-6-12-9(8-11)3-2-4-10-7-9/h2*10H,2-8H2,1H3.